The van der Waals surface area contributed by atoms with Crippen molar-refractivity contribution in [3.8, 4) is 0 Å². The number of aromatic nitrogens is 2. The van der Waals surface area contributed by atoms with Gasteiger partial charge in [0.25, 0.3) is 5.91 Å². The first kappa shape index (κ1) is 16.4. The van der Waals surface area contributed by atoms with E-state index in [9.17, 15) is 23.1 Å². The summed E-state index contributed by atoms with van der Waals surface area (Å²) in [7, 11) is 0. The van der Waals surface area contributed by atoms with Crippen molar-refractivity contribution in [2.75, 3.05) is 6.54 Å². The number of amides is 1. The van der Waals surface area contributed by atoms with Crippen LogP contribution in [-0.4, -0.2) is 38.5 Å². The number of β-amino-alcohol motifs (C(OH)–C–C–N with tert-alkyl or cyclic N) is 1. The van der Waals surface area contributed by atoms with E-state index < -0.39 is 29.8 Å². The molecule has 1 fully saturated rings. The summed E-state index contributed by atoms with van der Waals surface area (Å²) in [5, 5.41) is 9.91. The van der Waals surface area contributed by atoms with Crippen LogP contribution in [0.4, 0.5) is 13.2 Å². The topological polar surface area (TPSA) is 66.3 Å². The fraction of sp³-hybridized carbons (Fsp3) is 0.312. The SMILES string of the molecule is O=C(c1cncnc1)N1C[C@@H](O)C[C@H]1c1cccc(C(F)(F)F)c1. The fourth-order valence-corrected chi connectivity index (χ4v) is 2.85. The third-order valence-corrected chi connectivity index (χ3v) is 3.95. The highest BCUT2D eigenvalue weighted by Gasteiger charge is 2.37. The summed E-state index contributed by atoms with van der Waals surface area (Å²) in [6.45, 7) is 0.0502. The molecule has 1 aliphatic heterocycles. The summed E-state index contributed by atoms with van der Waals surface area (Å²) in [6.07, 6.45) is -1.12. The molecule has 1 N–H and O–H groups in total. The molecular weight excluding hydrogens is 323 g/mol. The molecule has 8 heteroatoms. The second-order valence-corrected chi connectivity index (χ2v) is 5.61. The Morgan fingerprint density at radius 1 is 1.25 bits per heavy atom. The molecule has 2 aromatic rings. The van der Waals surface area contributed by atoms with E-state index in [4.69, 9.17) is 0 Å². The Hall–Kier alpha value is -2.48. The van der Waals surface area contributed by atoms with Crippen LogP contribution in [0.15, 0.2) is 43.0 Å². The van der Waals surface area contributed by atoms with Crippen LogP contribution in [0.5, 0.6) is 0 Å². The average molecular weight is 337 g/mol. The molecule has 1 amide bonds. The number of alkyl halides is 3. The molecule has 1 saturated heterocycles. The van der Waals surface area contributed by atoms with Gasteiger partial charge < -0.3 is 10.0 Å². The fourth-order valence-electron chi connectivity index (χ4n) is 2.85. The predicted octanol–water partition coefficient (Wildman–Crippen LogP) is 2.44. The van der Waals surface area contributed by atoms with Crippen molar-refractivity contribution in [3.05, 3.63) is 59.7 Å². The predicted molar refractivity (Wildman–Crippen MR) is 77.9 cm³/mol. The largest absolute Gasteiger partial charge is 0.416 e. The Kier molecular flexibility index (Phi) is 4.23. The van der Waals surface area contributed by atoms with E-state index in [1.807, 2.05) is 0 Å². The summed E-state index contributed by atoms with van der Waals surface area (Å²) in [6, 6.07) is 4.20. The van der Waals surface area contributed by atoms with Gasteiger partial charge in [-0.15, -0.1) is 0 Å². The van der Waals surface area contributed by atoms with Crippen molar-refractivity contribution in [2.45, 2.75) is 24.7 Å². The molecule has 0 unspecified atom stereocenters. The summed E-state index contributed by atoms with van der Waals surface area (Å²) in [4.78, 5) is 21.5. The minimum atomic E-state index is -4.46. The zero-order valence-corrected chi connectivity index (χ0v) is 12.4. The quantitative estimate of drug-likeness (QED) is 0.914. The molecule has 0 saturated carbocycles. The van der Waals surface area contributed by atoms with Gasteiger partial charge in [0.1, 0.15) is 6.33 Å². The average Bonchev–Trinajstić information content (AvgIpc) is 2.96. The molecule has 2 atom stereocenters. The highest BCUT2D eigenvalue weighted by molar-refractivity contribution is 5.94. The molecule has 0 bridgehead atoms. The van der Waals surface area contributed by atoms with Crippen LogP contribution in [0.2, 0.25) is 0 Å². The van der Waals surface area contributed by atoms with Crippen LogP contribution in [0.25, 0.3) is 0 Å². The van der Waals surface area contributed by atoms with Gasteiger partial charge in [-0.2, -0.15) is 13.2 Å². The normalized spacial score (nSPS) is 21.1. The second-order valence-electron chi connectivity index (χ2n) is 5.61. The Balaban J connectivity index is 1.93. The summed E-state index contributed by atoms with van der Waals surface area (Å²) >= 11 is 0. The van der Waals surface area contributed by atoms with Crippen LogP contribution in [0.1, 0.15) is 33.9 Å². The van der Waals surface area contributed by atoms with E-state index >= 15 is 0 Å². The zero-order chi connectivity index (χ0) is 17.3. The van der Waals surface area contributed by atoms with Gasteiger partial charge >= 0.3 is 6.18 Å². The number of hydrogen-bond donors (Lipinski definition) is 1. The smallest absolute Gasteiger partial charge is 0.391 e. The lowest BCUT2D eigenvalue weighted by atomic mass is 10.0. The van der Waals surface area contributed by atoms with Gasteiger partial charge in [0.05, 0.1) is 23.3 Å². The Labute approximate surface area is 135 Å². The molecular formula is C16H14F3N3O2. The molecule has 1 aliphatic rings. The van der Waals surface area contributed by atoms with E-state index in [1.54, 1.807) is 0 Å². The van der Waals surface area contributed by atoms with Gasteiger partial charge in [0.2, 0.25) is 0 Å². The molecule has 2 heterocycles. The van der Waals surface area contributed by atoms with Crippen molar-refractivity contribution >= 4 is 5.91 Å². The lowest BCUT2D eigenvalue weighted by Crippen LogP contribution is -2.32. The standard InChI is InChI=1S/C16H14F3N3O2/c17-16(18,19)12-3-1-2-10(4-12)14-5-13(23)8-22(14)15(24)11-6-20-9-21-7-11/h1-4,6-7,9,13-14,23H,5,8H2/t13-,14-/m0/s1. The maximum Gasteiger partial charge on any atom is 0.416 e. The third-order valence-electron chi connectivity index (χ3n) is 3.95. The van der Waals surface area contributed by atoms with Gasteiger partial charge in [0.15, 0.2) is 0 Å². The maximum atomic E-state index is 12.9. The Morgan fingerprint density at radius 2 is 1.96 bits per heavy atom. The van der Waals surface area contributed by atoms with E-state index in [2.05, 4.69) is 9.97 Å². The highest BCUT2D eigenvalue weighted by atomic mass is 19.4. The van der Waals surface area contributed by atoms with Crippen LogP contribution in [-0.2, 0) is 6.18 Å². The zero-order valence-electron chi connectivity index (χ0n) is 12.4. The number of likely N-dealkylation sites (tertiary alicyclic amines) is 1. The second kappa shape index (κ2) is 6.20. The number of benzene rings is 1. The summed E-state index contributed by atoms with van der Waals surface area (Å²) in [5.41, 5.74) is -0.216. The van der Waals surface area contributed by atoms with Gasteiger partial charge in [0, 0.05) is 18.9 Å². The molecule has 3 rings (SSSR count). The molecule has 0 aliphatic carbocycles. The number of hydrogen-bond acceptors (Lipinski definition) is 4. The number of halogens is 3. The maximum absolute atomic E-state index is 12.9. The van der Waals surface area contributed by atoms with Crippen molar-refractivity contribution < 1.29 is 23.1 Å². The number of carbonyl (C=O) groups excluding carboxylic acids is 1. The molecule has 0 radical (unpaired) electrons. The lowest BCUT2D eigenvalue weighted by Gasteiger charge is -2.25. The molecule has 1 aromatic heterocycles. The lowest BCUT2D eigenvalue weighted by molar-refractivity contribution is -0.137. The van der Waals surface area contributed by atoms with Crippen molar-refractivity contribution in [2.24, 2.45) is 0 Å². The minimum absolute atomic E-state index is 0.0502. The van der Waals surface area contributed by atoms with Crippen LogP contribution in [0, 0.1) is 0 Å². The summed E-state index contributed by atoms with van der Waals surface area (Å²) in [5.74, 6) is -0.422. The molecule has 1 aromatic carbocycles. The van der Waals surface area contributed by atoms with Gasteiger partial charge in [-0.1, -0.05) is 12.1 Å². The number of aliphatic hydroxyl groups excluding tert-OH is 1. The third kappa shape index (κ3) is 3.23. The minimum Gasteiger partial charge on any atom is -0.391 e. The van der Waals surface area contributed by atoms with Crippen LogP contribution in [0.3, 0.4) is 0 Å². The first-order chi connectivity index (χ1) is 11.4. The van der Waals surface area contributed by atoms with E-state index in [0.717, 1.165) is 12.1 Å². The first-order valence-electron chi connectivity index (χ1n) is 7.27. The molecule has 5 nitrogen and oxygen atoms in total. The Morgan fingerprint density at radius 3 is 2.62 bits per heavy atom. The van der Waals surface area contributed by atoms with Crippen molar-refractivity contribution in [1.29, 1.82) is 0 Å². The number of nitrogens with zero attached hydrogens (tertiary/aromatic N) is 3. The molecule has 24 heavy (non-hydrogen) atoms. The number of aliphatic hydroxyl groups is 1. The van der Waals surface area contributed by atoms with Gasteiger partial charge in [-0.3, -0.25) is 4.79 Å². The Bertz CT molecular complexity index is 737. The number of rotatable bonds is 2. The van der Waals surface area contributed by atoms with Crippen molar-refractivity contribution in [1.82, 2.24) is 14.9 Å². The summed E-state index contributed by atoms with van der Waals surface area (Å²) < 4.78 is 38.7. The van der Waals surface area contributed by atoms with Gasteiger partial charge in [-0.25, -0.2) is 9.97 Å². The molecule has 0 spiro atoms. The van der Waals surface area contributed by atoms with Crippen LogP contribution < -0.4 is 0 Å². The van der Waals surface area contributed by atoms with E-state index in [0.29, 0.717) is 5.56 Å². The van der Waals surface area contributed by atoms with E-state index in [-0.39, 0.29) is 18.5 Å². The van der Waals surface area contributed by atoms with E-state index in [1.165, 1.54) is 35.8 Å². The van der Waals surface area contributed by atoms with Crippen molar-refractivity contribution in [3.63, 3.8) is 0 Å². The first-order valence-corrected chi connectivity index (χ1v) is 7.27. The highest BCUT2D eigenvalue weighted by Crippen LogP contribution is 2.36. The van der Waals surface area contributed by atoms with Gasteiger partial charge in [-0.05, 0) is 24.1 Å². The van der Waals surface area contributed by atoms with Crippen LogP contribution >= 0.6 is 0 Å². The molecule has 126 valence electrons. The number of carbonyl (C=O) groups is 1. The monoisotopic (exact) mass is 337 g/mol.